The Kier molecular flexibility index (Phi) is 5.36. The van der Waals surface area contributed by atoms with Crippen LogP contribution in [0.2, 0.25) is 0 Å². The predicted octanol–water partition coefficient (Wildman–Crippen LogP) is 3.92. The van der Waals surface area contributed by atoms with E-state index in [4.69, 9.17) is 0 Å². The topological polar surface area (TPSA) is 60.8 Å². The van der Waals surface area contributed by atoms with Crippen molar-refractivity contribution in [3.05, 3.63) is 48.0 Å². The zero-order valence-corrected chi connectivity index (χ0v) is 15.9. The van der Waals surface area contributed by atoms with Gasteiger partial charge < -0.3 is 15.1 Å². The van der Waals surface area contributed by atoms with E-state index < -0.39 is 17.4 Å². The molecule has 154 valence electrons. The summed E-state index contributed by atoms with van der Waals surface area (Å²) >= 11 is 0. The van der Waals surface area contributed by atoms with Gasteiger partial charge in [0.2, 0.25) is 0 Å². The van der Waals surface area contributed by atoms with E-state index >= 15 is 0 Å². The first kappa shape index (κ1) is 20.9. The van der Waals surface area contributed by atoms with Crippen LogP contribution in [0.15, 0.2) is 36.9 Å². The SMILES string of the molecule is C=C[C@]1(O)CC[C@@H](N(C(=O)c2ccc([C@](C)(O)C(F)(F)F)cc2)C2CC2)CC1. The summed E-state index contributed by atoms with van der Waals surface area (Å²) in [5.41, 5.74) is -3.86. The van der Waals surface area contributed by atoms with Crippen LogP contribution in [0.4, 0.5) is 13.2 Å². The molecule has 0 aromatic heterocycles. The summed E-state index contributed by atoms with van der Waals surface area (Å²) in [6, 6.07) is 5.14. The Bertz CT molecular complexity index is 730. The molecule has 0 saturated heterocycles. The summed E-state index contributed by atoms with van der Waals surface area (Å²) in [4.78, 5) is 14.9. The van der Waals surface area contributed by atoms with Crippen molar-refractivity contribution in [3.63, 3.8) is 0 Å². The van der Waals surface area contributed by atoms with E-state index in [0.717, 1.165) is 25.0 Å². The number of nitrogens with zero attached hydrogens (tertiary/aromatic N) is 1. The molecule has 1 aromatic rings. The van der Waals surface area contributed by atoms with E-state index in [2.05, 4.69) is 6.58 Å². The van der Waals surface area contributed by atoms with Crippen LogP contribution < -0.4 is 0 Å². The van der Waals surface area contributed by atoms with E-state index in [1.54, 1.807) is 6.08 Å². The van der Waals surface area contributed by atoms with Gasteiger partial charge in [0, 0.05) is 17.6 Å². The highest BCUT2D eigenvalue weighted by Crippen LogP contribution is 2.40. The smallest absolute Gasteiger partial charge is 0.386 e. The number of benzene rings is 1. The molecular weight excluding hydrogens is 371 g/mol. The Labute approximate surface area is 162 Å². The summed E-state index contributed by atoms with van der Waals surface area (Å²) in [5.74, 6) is -0.213. The van der Waals surface area contributed by atoms with Gasteiger partial charge >= 0.3 is 6.18 Å². The third kappa shape index (κ3) is 3.96. The van der Waals surface area contributed by atoms with Crippen molar-refractivity contribution in [3.8, 4) is 0 Å². The highest BCUT2D eigenvalue weighted by Gasteiger charge is 2.51. The van der Waals surface area contributed by atoms with Gasteiger partial charge in [0.05, 0.1) is 5.60 Å². The van der Waals surface area contributed by atoms with Crippen molar-refractivity contribution in [1.82, 2.24) is 4.90 Å². The Balaban J connectivity index is 1.77. The van der Waals surface area contributed by atoms with E-state index in [-0.39, 0.29) is 23.6 Å². The lowest BCUT2D eigenvalue weighted by Gasteiger charge is -2.40. The number of halogens is 3. The maximum absolute atomic E-state index is 13.1. The van der Waals surface area contributed by atoms with Gasteiger partial charge in [-0.1, -0.05) is 18.2 Å². The van der Waals surface area contributed by atoms with Crippen molar-refractivity contribution in [2.24, 2.45) is 0 Å². The van der Waals surface area contributed by atoms with E-state index in [9.17, 15) is 28.2 Å². The average molecular weight is 397 g/mol. The molecular formula is C21H26F3NO3. The monoisotopic (exact) mass is 397 g/mol. The molecule has 2 aliphatic carbocycles. The minimum absolute atomic E-state index is 0.00168. The minimum Gasteiger partial charge on any atom is -0.386 e. The molecule has 28 heavy (non-hydrogen) atoms. The molecule has 1 amide bonds. The second-order valence-corrected chi connectivity index (χ2v) is 8.13. The molecule has 3 rings (SSSR count). The molecule has 7 heteroatoms. The van der Waals surface area contributed by atoms with E-state index in [0.29, 0.717) is 38.2 Å². The Morgan fingerprint density at radius 1 is 1.14 bits per heavy atom. The quantitative estimate of drug-likeness (QED) is 0.741. The molecule has 0 bridgehead atoms. The fourth-order valence-corrected chi connectivity index (χ4v) is 3.82. The average Bonchev–Trinajstić information content (AvgIpc) is 3.48. The largest absolute Gasteiger partial charge is 0.421 e. The second kappa shape index (κ2) is 7.19. The van der Waals surface area contributed by atoms with Crippen LogP contribution in [0, 0.1) is 0 Å². The summed E-state index contributed by atoms with van der Waals surface area (Å²) in [5, 5.41) is 20.1. The minimum atomic E-state index is -4.80. The lowest BCUT2D eigenvalue weighted by molar-refractivity contribution is -0.258. The van der Waals surface area contributed by atoms with Crippen molar-refractivity contribution < 1.29 is 28.2 Å². The zero-order chi connectivity index (χ0) is 20.7. The lowest BCUT2D eigenvalue weighted by Crippen LogP contribution is -2.46. The van der Waals surface area contributed by atoms with Gasteiger partial charge in [-0.2, -0.15) is 13.2 Å². The van der Waals surface area contributed by atoms with Gasteiger partial charge in [-0.05, 0) is 63.1 Å². The van der Waals surface area contributed by atoms with Crippen LogP contribution in [0.1, 0.15) is 61.4 Å². The van der Waals surface area contributed by atoms with Crippen LogP contribution in [-0.4, -0.2) is 44.9 Å². The number of alkyl halides is 3. The number of rotatable bonds is 5. The van der Waals surface area contributed by atoms with Gasteiger partial charge in [0.25, 0.3) is 5.91 Å². The van der Waals surface area contributed by atoms with Gasteiger partial charge in [-0.25, -0.2) is 0 Å². The van der Waals surface area contributed by atoms with Gasteiger partial charge in [-0.15, -0.1) is 6.58 Å². The van der Waals surface area contributed by atoms with Crippen LogP contribution in [0.3, 0.4) is 0 Å². The third-order valence-corrected chi connectivity index (χ3v) is 6.02. The highest BCUT2D eigenvalue weighted by molar-refractivity contribution is 5.95. The highest BCUT2D eigenvalue weighted by atomic mass is 19.4. The molecule has 2 aliphatic rings. The number of amides is 1. The molecule has 0 heterocycles. The maximum atomic E-state index is 13.1. The molecule has 0 aliphatic heterocycles. The van der Waals surface area contributed by atoms with E-state index in [1.165, 1.54) is 12.1 Å². The predicted molar refractivity (Wildman–Crippen MR) is 98.7 cm³/mol. The molecule has 1 atom stereocenters. The molecule has 0 spiro atoms. The standard InChI is InChI=1S/C21H26F3NO3/c1-3-20(28)12-10-17(11-13-20)25(16-8-9-16)18(26)14-4-6-15(7-5-14)19(2,27)21(22,23)24/h3-7,16-17,27-28H,1,8-13H2,2H3/t17-,19-,20+/m0/s1. The van der Waals surface area contributed by atoms with Crippen LogP contribution in [0.25, 0.3) is 0 Å². The Morgan fingerprint density at radius 3 is 2.07 bits per heavy atom. The Morgan fingerprint density at radius 2 is 1.64 bits per heavy atom. The summed E-state index contributed by atoms with van der Waals surface area (Å²) < 4.78 is 39.0. The summed E-state index contributed by atoms with van der Waals surface area (Å²) in [6.45, 7) is 4.37. The van der Waals surface area contributed by atoms with Gasteiger partial charge in [0.1, 0.15) is 0 Å². The van der Waals surface area contributed by atoms with Gasteiger partial charge in [0.15, 0.2) is 5.60 Å². The van der Waals surface area contributed by atoms with Crippen molar-refractivity contribution in [2.75, 3.05) is 0 Å². The number of carbonyl (C=O) groups excluding carboxylic acids is 1. The van der Waals surface area contributed by atoms with Crippen LogP contribution >= 0.6 is 0 Å². The molecule has 0 radical (unpaired) electrons. The Hall–Kier alpha value is -1.86. The fourth-order valence-electron chi connectivity index (χ4n) is 3.82. The first-order valence-electron chi connectivity index (χ1n) is 9.57. The first-order chi connectivity index (χ1) is 13.0. The van der Waals surface area contributed by atoms with Gasteiger partial charge in [-0.3, -0.25) is 4.79 Å². The second-order valence-electron chi connectivity index (χ2n) is 8.13. The number of hydrogen-bond donors (Lipinski definition) is 2. The molecule has 4 nitrogen and oxygen atoms in total. The lowest BCUT2D eigenvalue weighted by atomic mass is 9.81. The van der Waals surface area contributed by atoms with Crippen LogP contribution in [-0.2, 0) is 5.60 Å². The molecule has 2 fully saturated rings. The molecule has 0 unspecified atom stereocenters. The zero-order valence-electron chi connectivity index (χ0n) is 15.9. The number of hydrogen-bond acceptors (Lipinski definition) is 3. The molecule has 2 N–H and O–H groups in total. The van der Waals surface area contributed by atoms with Crippen molar-refractivity contribution in [2.45, 2.75) is 74.9 Å². The fraction of sp³-hybridized carbons (Fsp3) is 0.571. The van der Waals surface area contributed by atoms with Crippen LogP contribution in [0.5, 0.6) is 0 Å². The summed E-state index contributed by atoms with van der Waals surface area (Å²) in [6.07, 6.45) is 0.956. The summed E-state index contributed by atoms with van der Waals surface area (Å²) in [7, 11) is 0. The molecule has 1 aromatic carbocycles. The first-order valence-corrected chi connectivity index (χ1v) is 9.57. The molecule has 2 saturated carbocycles. The van der Waals surface area contributed by atoms with Crippen molar-refractivity contribution >= 4 is 5.91 Å². The number of aliphatic hydroxyl groups is 2. The normalized spacial score (nSPS) is 27.7. The number of carbonyl (C=O) groups is 1. The maximum Gasteiger partial charge on any atom is 0.421 e. The van der Waals surface area contributed by atoms with Crippen molar-refractivity contribution in [1.29, 1.82) is 0 Å². The van der Waals surface area contributed by atoms with E-state index in [1.807, 2.05) is 4.90 Å². The third-order valence-electron chi connectivity index (χ3n) is 6.02.